The molecular formula is C14H15BrClFN2S. The first-order valence-corrected chi connectivity index (χ1v) is 8.22. The molecule has 0 bridgehead atoms. The van der Waals surface area contributed by atoms with Gasteiger partial charge in [-0.3, -0.25) is 0 Å². The summed E-state index contributed by atoms with van der Waals surface area (Å²) in [6.07, 6.45) is 0. The third kappa shape index (κ3) is 3.34. The number of thiophene rings is 1. The van der Waals surface area contributed by atoms with E-state index in [2.05, 4.69) is 27.8 Å². The van der Waals surface area contributed by atoms with Crippen molar-refractivity contribution in [3.63, 3.8) is 0 Å². The van der Waals surface area contributed by atoms with Gasteiger partial charge in [0.25, 0.3) is 0 Å². The predicted molar refractivity (Wildman–Crippen MR) is 88.2 cm³/mol. The van der Waals surface area contributed by atoms with Gasteiger partial charge in [-0.2, -0.15) is 0 Å². The van der Waals surface area contributed by atoms with Crippen molar-refractivity contribution in [1.29, 1.82) is 0 Å². The quantitative estimate of drug-likeness (QED) is 0.808. The van der Waals surface area contributed by atoms with Crippen LogP contribution in [0, 0.1) is 5.82 Å². The van der Waals surface area contributed by atoms with Crippen molar-refractivity contribution >= 4 is 44.6 Å². The summed E-state index contributed by atoms with van der Waals surface area (Å²) in [5.74, 6) is -0.240. The maximum Gasteiger partial charge on any atom is 0.123 e. The summed E-state index contributed by atoms with van der Waals surface area (Å²) >= 11 is 11.0. The molecule has 20 heavy (non-hydrogen) atoms. The zero-order valence-electron chi connectivity index (χ0n) is 10.9. The van der Waals surface area contributed by atoms with Gasteiger partial charge in [0.15, 0.2) is 0 Å². The average molecular weight is 378 g/mol. The van der Waals surface area contributed by atoms with E-state index in [1.165, 1.54) is 23.5 Å². The summed E-state index contributed by atoms with van der Waals surface area (Å²) in [4.78, 5) is 3.24. The van der Waals surface area contributed by atoms with Crippen molar-refractivity contribution < 1.29 is 4.39 Å². The highest BCUT2D eigenvalue weighted by atomic mass is 79.9. The van der Waals surface area contributed by atoms with Crippen LogP contribution in [0.15, 0.2) is 34.8 Å². The van der Waals surface area contributed by atoms with E-state index >= 15 is 0 Å². The monoisotopic (exact) mass is 376 g/mol. The molecule has 1 unspecified atom stereocenters. The highest BCUT2D eigenvalue weighted by molar-refractivity contribution is 9.10. The van der Waals surface area contributed by atoms with Crippen LogP contribution in [0.3, 0.4) is 0 Å². The van der Waals surface area contributed by atoms with E-state index in [1.807, 2.05) is 6.07 Å². The topological polar surface area (TPSA) is 29.3 Å². The Labute approximate surface area is 135 Å². The van der Waals surface area contributed by atoms with Gasteiger partial charge < -0.3 is 10.6 Å². The van der Waals surface area contributed by atoms with Crippen molar-refractivity contribution in [1.82, 2.24) is 0 Å². The Bertz CT molecular complexity index is 554. The summed E-state index contributed by atoms with van der Waals surface area (Å²) in [6.45, 7) is 3.30. The van der Waals surface area contributed by atoms with Gasteiger partial charge in [-0.15, -0.1) is 11.3 Å². The van der Waals surface area contributed by atoms with E-state index < -0.39 is 0 Å². The van der Waals surface area contributed by atoms with Gasteiger partial charge >= 0.3 is 0 Å². The normalized spacial score (nSPS) is 12.4. The standard InChI is InChI=1S/C14H15BrClFN2S/c1-2-19(10-5-3-9(17)4-6-10)12(8-18)13-7-11(15)14(16)20-13/h3-7,12H,2,8,18H2,1H3. The Kier molecular flexibility index (Phi) is 5.43. The molecule has 0 radical (unpaired) electrons. The first kappa shape index (κ1) is 15.8. The van der Waals surface area contributed by atoms with Crippen LogP contribution in [0.1, 0.15) is 17.8 Å². The lowest BCUT2D eigenvalue weighted by molar-refractivity contribution is 0.624. The van der Waals surface area contributed by atoms with Crippen LogP contribution in [0.2, 0.25) is 4.34 Å². The van der Waals surface area contributed by atoms with Crippen LogP contribution >= 0.6 is 38.9 Å². The average Bonchev–Trinajstić information content (AvgIpc) is 2.77. The molecule has 2 N–H and O–H groups in total. The van der Waals surface area contributed by atoms with Crippen LogP contribution < -0.4 is 10.6 Å². The molecule has 0 fully saturated rings. The van der Waals surface area contributed by atoms with Crippen molar-refractivity contribution in [2.24, 2.45) is 5.73 Å². The Morgan fingerprint density at radius 1 is 1.40 bits per heavy atom. The third-order valence-electron chi connectivity index (χ3n) is 3.09. The second-order valence-electron chi connectivity index (χ2n) is 4.28. The predicted octanol–water partition coefficient (Wildman–Crippen LogP) is 4.83. The molecule has 0 aliphatic heterocycles. The number of nitrogens with zero attached hydrogens (tertiary/aromatic N) is 1. The lowest BCUT2D eigenvalue weighted by Gasteiger charge is -2.31. The summed E-state index contributed by atoms with van der Waals surface area (Å²) in [6, 6.07) is 8.49. The number of anilines is 1. The van der Waals surface area contributed by atoms with Crippen LogP contribution in [0.5, 0.6) is 0 Å². The minimum Gasteiger partial charge on any atom is -0.363 e. The van der Waals surface area contributed by atoms with E-state index in [-0.39, 0.29) is 11.9 Å². The SMILES string of the molecule is CCN(c1ccc(F)cc1)C(CN)c1cc(Br)c(Cl)s1. The Morgan fingerprint density at radius 2 is 2.05 bits per heavy atom. The fraction of sp³-hybridized carbons (Fsp3) is 0.286. The van der Waals surface area contributed by atoms with E-state index in [0.717, 1.165) is 21.6 Å². The number of benzene rings is 1. The van der Waals surface area contributed by atoms with Crippen molar-refractivity contribution in [2.75, 3.05) is 18.0 Å². The molecule has 1 heterocycles. The van der Waals surface area contributed by atoms with E-state index in [1.54, 1.807) is 12.1 Å². The molecule has 1 aromatic heterocycles. The van der Waals surface area contributed by atoms with E-state index in [0.29, 0.717) is 10.9 Å². The largest absolute Gasteiger partial charge is 0.363 e. The number of nitrogens with two attached hydrogens (primary N) is 1. The maximum absolute atomic E-state index is 13.1. The molecular weight excluding hydrogens is 363 g/mol. The number of hydrogen-bond acceptors (Lipinski definition) is 3. The first-order chi connectivity index (χ1) is 9.56. The minimum atomic E-state index is -0.240. The fourth-order valence-electron chi connectivity index (χ4n) is 2.14. The minimum absolute atomic E-state index is 0.0271. The van der Waals surface area contributed by atoms with Gasteiger partial charge in [0, 0.05) is 28.1 Å². The summed E-state index contributed by atoms with van der Waals surface area (Å²) in [5, 5.41) is 0. The number of hydrogen-bond donors (Lipinski definition) is 1. The second kappa shape index (κ2) is 6.89. The van der Waals surface area contributed by atoms with E-state index in [4.69, 9.17) is 17.3 Å². The molecule has 2 nitrogen and oxygen atoms in total. The van der Waals surface area contributed by atoms with Gasteiger partial charge in [-0.05, 0) is 53.2 Å². The molecule has 6 heteroatoms. The van der Waals surface area contributed by atoms with E-state index in [9.17, 15) is 4.39 Å². The molecule has 108 valence electrons. The summed E-state index contributed by atoms with van der Waals surface area (Å²) in [7, 11) is 0. The highest BCUT2D eigenvalue weighted by Gasteiger charge is 2.21. The molecule has 0 spiro atoms. The van der Waals surface area contributed by atoms with Crippen molar-refractivity contribution in [3.8, 4) is 0 Å². The molecule has 0 amide bonds. The molecule has 1 atom stereocenters. The smallest absolute Gasteiger partial charge is 0.123 e. The molecule has 2 aromatic rings. The molecule has 0 aliphatic carbocycles. The highest BCUT2D eigenvalue weighted by Crippen LogP contribution is 2.38. The van der Waals surface area contributed by atoms with Crippen LogP contribution in [-0.4, -0.2) is 13.1 Å². The van der Waals surface area contributed by atoms with Crippen molar-refractivity contribution in [3.05, 3.63) is 49.8 Å². The zero-order valence-corrected chi connectivity index (χ0v) is 14.1. The second-order valence-corrected chi connectivity index (χ2v) is 6.82. The van der Waals surface area contributed by atoms with Crippen LogP contribution in [0.4, 0.5) is 10.1 Å². The molecule has 0 saturated heterocycles. The maximum atomic E-state index is 13.1. The lowest BCUT2D eigenvalue weighted by atomic mass is 10.1. The fourth-order valence-corrected chi connectivity index (χ4v) is 4.00. The van der Waals surface area contributed by atoms with Crippen molar-refractivity contribution in [2.45, 2.75) is 13.0 Å². The van der Waals surface area contributed by atoms with Crippen LogP contribution in [-0.2, 0) is 0 Å². The van der Waals surface area contributed by atoms with Crippen LogP contribution in [0.25, 0.3) is 0 Å². The zero-order chi connectivity index (χ0) is 14.7. The molecule has 2 rings (SSSR count). The van der Waals surface area contributed by atoms with Gasteiger partial charge in [-0.25, -0.2) is 4.39 Å². The first-order valence-electron chi connectivity index (χ1n) is 6.23. The lowest BCUT2D eigenvalue weighted by Crippen LogP contribution is -2.33. The molecule has 1 aromatic carbocycles. The molecule has 0 saturated carbocycles. The summed E-state index contributed by atoms with van der Waals surface area (Å²) < 4.78 is 14.6. The number of rotatable bonds is 5. The number of halogens is 3. The van der Waals surface area contributed by atoms with Gasteiger partial charge in [0.05, 0.1) is 6.04 Å². The summed E-state index contributed by atoms with van der Waals surface area (Å²) in [5.41, 5.74) is 6.89. The third-order valence-corrected chi connectivity index (χ3v) is 5.67. The number of likely N-dealkylation sites (N-methyl/N-ethyl adjacent to an activating group) is 1. The Morgan fingerprint density at radius 3 is 2.50 bits per heavy atom. The molecule has 0 aliphatic rings. The van der Waals surface area contributed by atoms with Gasteiger partial charge in [-0.1, -0.05) is 11.6 Å². The van der Waals surface area contributed by atoms with Gasteiger partial charge in [0.1, 0.15) is 10.2 Å². The van der Waals surface area contributed by atoms with Gasteiger partial charge in [0.2, 0.25) is 0 Å². The Hall–Kier alpha value is -0.620. The Balaban J connectivity index is 2.34.